The molecule has 0 spiro atoms. The number of hydrazine groups is 1. The summed E-state index contributed by atoms with van der Waals surface area (Å²) in [6, 6.07) is 14.8. The second-order valence-corrected chi connectivity index (χ2v) is 5.85. The largest absolute Gasteiger partial charge is 0.374 e. The van der Waals surface area contributed by atoms with E-state index in [4.69, 9.17) is 10.6 Å². The summed E-state index contributed by atoms with van der Waals surface area (Å²) in [5.74, 6) is 7.84. The highest BCUT2D eigenvalue weighted by Gasteiger charge is 2.26. The molecule has 1 aliphatic heterocycles. The van der Waals surface area contributed by atoms with Crippen molar-refractivity contribution >= 4 is 22.5 Å². The van der Waals surface area contributed by atoms with Crippen LogP contribution in [0.3, 0.4) is 0 Å². The Morgan fingerprint density at radius 1 is 1.21 bits per heavy atom. The fourth-order valence-electron chi connectivity index (χ4n) is 2.62. The third kappa shape index (κ3) is 2.62. The van der Waals surface area contributed by atoms with Crippen molar-refractivity contribution in [1.29, 1.82) is 0 Å². The normalized spacial score (nSPS) is 21.4. The third-order valence-electron chi connectivity index (χ3n) is 3.55. The molecule has 2 aromatic carbocycles. The molecule has 4 heteroatoms. The van der Waals surface area contributed by atoms with Crippen LogP contribution in [0.1, 0.15) is 11.6 Å². The number of fused-ring (bicyclic) bond motifs is 1. The molecular formula is C15H18N2OS. The van der Waals surface area contributed by atoms with E-state index in [1.807, 2.05) is 11.8 Å². The maximum Gasteiger partial charge on any atom is 0.0873 e. The summed E-state index contributed by atoms with van der Waals surface area (Å²) in [7, 11) is 0. The fraction of sp³-hybridized carbons (Fsp3) is 0.333. The zero-order valence-corrected chi connectivity index (χ0v) is 11.5. The van der Waals surface area contributed by atoms with Crippen LogP contribution in [0.25, 0.3) is 10.8 Å². The summed E-state index contributed by atoms with van der Waals surface area (Å²) in [5, 5.41) is 2.48. The summed E-state index contributed by atoms with van der Waals surface area (Å²) in [6.45, 7) is 0.804. The van der Waals surface area contributed by atoms with E-state index < -0.39 is 0 Å². The van der Waals surface area contributed by atoms with E-state index in [0.717, 1.165) is 18.1 Å². The number of thioether (sulfide) groups is 1. The molecule has 2 aromatic rings. The van der Waals surface area contributed by atoms with Gasteiger partial charge in [0.1, 0.15) is 0 Å². The summed E-state index contributed by atoms with van der Waals surface area (Å²) < 4.78 is 5.87. The van der Waals surface area contributed by atoms with Crippen molar-refractivity contribution < 1.29 is 4.74 Å². The standard InChI is InChI=1S/C15H18N2OS/c16-17-15(14-10-19-9-8-18-14)13-7-3-5-11-4-1-2-6-12(11)13/h1-7,14-15,17H,8-10,16H2. The molecule has 2 atom stereocenters. The minimum Gasteiger partial charge on any atom is -0.374 e. The van der Waals surface area contributed by atoms with E-state index in [2.05, 4.69) is 47.9 Å². The molecule has 0 radical (unpaired) electrons. The minimum absolute atomic E-state index is 0.0406. The Bertz CT molecular complexity index is 549. The predicted octanol–water partition coefficient (Wildman–Crippen LogP) is 2.48. The van der Waals surface area contributed by atoms with Gasteiger partial charge in [0.05, 0.1) is 18.8 Å². The zero-order valence-electron chi connectivity index (χ0n) is 10.7. The number of nitrogens with two attached hydrogens (primary N) is 1. The second-order valence-electron chi connectivity index (χ2n) is 4.70. The highest BCUT2D eigenvalue weighted by atomic mass is 32.2. The molecule has 3 nitrogen and oxygen atoms in total. The van der Waals surface area contributed by atoms with Crippen molar-refractivity contribution in [3.8, 4) is 0 Å². The van der Waals surface area contributed by atoms with Gasteiger partial charge in [-0.3, -0.25) is 11.3 Å². The minimum atomic E-state index is 0.0406. The van der Waals surface area contributed by atoms with Crippen LogP contribution in [0.4, 0.5) is 0 Å². The Balaban J connectivity index is 2.00. The fourth-order valence-corrected chi connectivity index (χ4v) is 3.52. The second kappa shape index (κ2) is 5.92. The molecule has 1 heterocycles. The lowest BCUT2D eigenvalue weighted by molar-refractivity contribution is 0.0472. The molecule has 0 aliphatic carbocycles. The first-order chi connectivity index (χ1) is 9.40. The first kappa shape index (κ1) is 12.9. The van der Waals surface area contributed by atoms with Crippen molar-refractivity contribution in [2.75, 3.05) is 18.1 Å². The first-order valence-corrected chi connectivity index (χ1v) is 7.69. The Morgan fingerprint density at radius 2 is 2.05 bits per heavy atom. The van der Waals surface area contributed by atoms with Gasteiger partial charge in [0, 0.05) is 11.5 Å². The van der Waals surface area contributed by atoms with E-state index in [1.165, 1.54) is 16.3 Å². The smallest absolute Gasteiger partial charge is 0.0873 e. The van der Waals surface area contributed by atoms with Crippen molar-refractivity contribution in [2.24, 2.45) is 5.84 Å². The number of ether oxygens (including phenoxy) is 1. The Morgan fingerprint density at radius 3 is 2.84 bits per heavy atom. The van der Waals surface area contributed by atoms with Crippen LogP contribution >= 0.6 is 11.8 Å². The van der Waals surface area contributed by atoms with Crippen molar-refractivity contribution in [3.05, 3.63) is 48.0 Å². The van der Waals surface area contributed by atoms with Gasteiger partial charge in [0.2, 0.25) is 0 Å². The SMILES string of the molecule is NNC(c1cccc2ccccc12)C1CSCCO1. The monoisotopic (exact) mass is 274 g/mol. The molecule has 3 rings (SSSR count). The maximum absolute atomic E-state index is 5.87. The van der Waals surface area contributed by atoms with E-state index in [9.17, 15) is 0 Å². The summed E-state index contributed by atoms with van der Waals surface area (Å²) in [6.07, 6.45) is 0.134. The van der Waals surface area contributed by atoms with Crippen molar-refractivity contribution in [1.82, 2.24) is 5.43 Å². The zero-order chi connectivity index (χ0) is 13.1. The van der Waals surface area contributed by atoms with Crippen LogP contribution in [0.15, 0.2) is 42.5 Å². The van der Waals surface area contributed by atoms with Crippen LogP contribution in [0, 0.1) is 0 Å². The Labute approximate surface area is 117 Å². The molecule has 1 saturated heterocycles. The lowest BCUT2D eigenvalue weighted by Gasteiger charge is -2.30. The summed E-state index contributed by atoms with van der Waals surface area (Å²) >= 11 is 1.93. The average Bonchev–Trinajstić information content (AvgIpc) is 2.49. The Hall–Kier alpha value is -1.07. The first-order valence-electron chi connectivity index (χ1n) is 6.53. The third-order valence-corrected chi connectivity index (χ3v) is 4.57. The van der Waals surface area contributed by atoms with Gasteiger partial charge < -0.3 is 4.74 Å². The summed E-state index contributed by atoms with van der Waals surface area (Å²) in [4.78, 5) is 0. The number of hydrogen-bond acceptors (Lipinski definition) is 4. The van der Waals surface area contributed by atoms with E-state index in [1.54, 1.807) is 0 Å². The molecule has 19 heavy (non-hydrogen) atoms. The number of nitrogens with one attached hydrogen (secondary N) is 1. The molecule has 1 fully saturated rings. The molecule has 0 bridgehead atoms. The van der Waals surface area contributed by atoms with Crippen LogP contribution in [0.5, 0.6) is 0 Å². The van der Waals surface area contributed by atoms with Gasteiger partial charge in [-0.25, -0.2) is 0 Å². The Kier molecular flexibility index (Phi) is 4.03. The van der Waals surface area contributed by atoms with E-state index in [0.29, 0.717) is 0 Å². The number of rotatable bonds is 3. The van der Waals surface area contributed by atoms with Gasteiger partial charge in [0.15, 0.2) is 0 Å². The molecular weight excluding hydrogens is 256 g/mol. The number of hydrogen-bond donors (Lipinski definition) is 2. The predicted molar refractivity (Wildman–Crippen MR) is 81.1 cm³/mol. The molecule has 3 N–H and O–H groups in total. The molecule has 0 aromatic heterocycles. The average molecular weight is 274 g/mol. The van der Waals surface area contributed by atoms with Crippen LogP contribution in [-0.4, -0.2) is 24.2 Å². The lowest BCUT2D eigenvalue weighted by Crippen LogP contribution is -2.41. The van der Waals surface area contributed by atoms with Gasteiger partial charge >= 0.3 is 0 Å². The molecule has 100 valence electrons. The van der Waals surface area contributed by atoms with Crippen molar-refractivity contribution in [2.45, 2.75) is 12.1 Å². The highest BCUT2D eigenvalue weighted by Crippen LogP contribution is 2.30. The molecule has 2 unspecified atom stereocenters. The number of benzene rings is 2. The van der Waals surface area contributed by atoms with E-state index >= 15 is 0 Å². The van der Waals surface area contributed by atoms with E-state index in [-0.39, 0.29) is 12.1 Å². The quantitative estimate of drug-likeness (QED) is 0.667. The van der Waals surface area contributed by atoms with Gasteiger partial charge in [-0.15, -0.1) is 0 Å². The van der Waals surface area contributed by atoms with Crippen molar-refractivity contribution in [3.63, 3.8) is 0 Å². The van der Waals surface area contributed by atoms with Crippen LogP contribution in [-0.2, 0) is 4.74 Å². The molecule has 0 saturated carbocycles. The van der Waals surface area contributed by atoms with Crippen LogP contribution in [0.2, 0.25) is 0 Å². The lowest BCUT2D eigenvalue weighted by atomic mass is 9.96. The summed E-state index contributed by atoms with van der Waals surface area (Å²) in [5.41, 5.74) is 4.16. The van der Waals surface area contributed by atoms with Gasteiger partial charge in [-0.2, -0.15) is 11.8 Å². The van der Waals surface area contributed by atoms with Crippen LogP contribution < -0.4 is 11.3 Å². The molecule has 0 amide bonds. The van der Waals surface area contributed by atoms with Gasteiger partial charge in [0.25, 0.3) is 0 Å². The molecule has 1 aliphatic rings. The van der Waals surface area contributed by atoms with Gasteiger partial charge in [-0.1, -0.05) is 42.5 Å². The topological polar surface area (TPSA) is 47.3 Å². The van der Waals surface area contributed by atoms with Gasteiger partial charge in [-0.05, 0) is 16.3 Å². The maximum atomic E-state index is 5.87. The highest BCUT2D eigenvalue weighted by molar-refractivity contribution is 7.99.